The number of esters is 1. The summed E-state index contributed by atoms with van der Waals surface area (Å²) in [6, 6.07) is 16.2. The molecule has 35 heavy (non-hydrogen) atoms. The van der Waals surface area contributed by atoms with Crippen molar-refractivity contribution in [1.82, 2.24) is 5.32 Å². The molecule has 3 aromatic carbocycles. The summed E-state index contributed by atoms with van der Waals surface area (Å²) >= 11 is 0. The van der Waals surface area contributed by atoms with Gasteiger partial charge in [0.2, 0.25) is 0 Å². The monoisotopic (exact) mass is 472 g/mol. The van der Waals surface area contributed by atoms with Crippen molar-refractivity contribution in [2.45, 2.75) is 20.3 Å². The Kier molecular flexibility index (Phi) is 6.91. The Labute approximate surface area is 202 Å². The third kappa shape index (κ3) is 4.77. The fourth-order valence-corrected chi connectivity index (χ4v) is 3.76. The lowest BCUT2D eigenvalue weighted by atomic mass is 9.99. The van der Waals surface area contributed by atoms with Crippen LogP contribution in [0.25, 0.3) is 16.8 Å². The normalized spacial score (nSPS) is 14.9. The quantitative estimate of drug-likeness (QED) is 0.309. The number of nitrogens with one attached hydrogen (secondary N) is 1. The standard InChI is InChI=1S/C27H24N2O6/c1-3-15-35-23-14-11-17-7-5-6-8-20(17)21(23)16-22-24(30)28-27(33)29(25(22)31)19-12-9-18(10-13-19)26(32)34-4-2/h5-14,16H,3-4,15H2,1-2H3,(H,28,30,33)/b22-16+. The van der Waals surface area contributed by atoms with E-state index < -0.39 is 23.8 Å². The number of anilines is 1. The van der Waals surface area contributed by atoms with Gasteiger partial charge in [0, 0.05) is 5.56 Å². The van der Waals surface area contributed by atoms with E-state index in [0.29, 0.717) is 17.9 Å². The van der Waals surface area contributed by atoms with Crippen molar-refractivity contribution in [1.29, 1.82) is 0 Å². The fraction of sp³-hybridized carbons (Fsp3) is 0.185. The molecule has 8 nitrogen and oxygen atoms in total. The highest BCUT2D eigenvalue weighted by molar-refractivity contribution is 6.39. The molecule has 0 saturated carbocycles. The number of carbonyl (C=O) groups is 4. The Balaban J connectivity index is 1.76. The molecule has 3 aromatic rings. The highest BCUT2D eigenvalue weighted by atomic mass is 16.5. The van der Waals surface area contributed by atoms with Gasteiger partial charge in [-0.1, -0.05) is 37.3 Å². The zero-order chi connectivity index (χ0) is 24.9. The van der Waals surface area contributed by atoms with Crippen LogP contribution >= 0.6 is 0 Å². The van der Waals surface area contributed by atoms with Crippen molar-refractivity contribution < 1.29 is 28.7 Å². The number of benzene rings is 3. The second-order valence-corrected chi connectivity index (χ2v) is 7.77. The number of rotatable bonds is 7. The van der Waals surface area contributed by atoms with Crippen LogP contribution in [-0.4, -0.2) is 37.0 Å². The lowest BCUT2D eigenvalue weighted by molar-refractivity contribution is -0.122. The van der Waals surface area contributed by atoms with Crippen LogP contribution in [0.2, 0.25) is 0 Å². The van der Waals surface area contributed by atoms with Crippen LogP contribution in [0.1, 0.15) is 36.2 Å². The van der Waals surface area contributed by atoms with Crippen LogP contribution in [0.3, 0.4) is 0 Å². The Morgan fingerprint density at radius 3 is 2.43 bits per heavy atom. The zero-order valence-corrected chi connectivity index (χ0v) is 19.4. The molecular weight excluding hydrogens is 448 g/mol. The molecule has 0 unspecified atom stereocenters. The molecule has 1 N–H and O–H groups in total. The summed E-state index contributed by atoms with van der Waals surface area (Å²) < 4.78 is 10.8. The highest BCUT2D eigenvalue weighted by Gasteiger charge is 2.37. The van der Waals surface area contributed by atoms with E-state index >= 15 is 0 Å². The van der Waals surface area contributed by atoms with E-state index in [1.807, 2.05) is 37.3 Å². The molecule has 1 fully saturated rings. The molecule has 0 aliphatic carbocycles. The zero-order valence-electron chi connectivity index (χ0n) is 19.4. The van der Waals surface area contributed by atoms with Crippen molar-refractivity contribution in [2.24, 2.45) is 0 Å². The molecule has 0 atom stereocenters. The fourth-order valence-electron chi connectivity index (χ4n) is 3.76. The Hall–Kier alpha value is -4.46. The summed E-state index contributed by atoms with van der Waals surface area (Å²) in [5.41, 5.74) is 0.846. The van der Waals surface area contributed by atoms with Gasteiger partial charge in [-0.2, -0.15) is 0 Å². The Bertz CT molecular complexity index is 1340. The molecule has 0 bridgehead atoms. The number of carbonyl (C=O) groups excluding carboxylic acids is 4. The van der Waals surface area contributed by atoms with Gasteiger partial charge in [0.05, 0.1) is 24.5 Å². The first-order valence-electron chi connectivity index (χ1n) is 11.3. The van der Waals surface area contributed by atoms with E-state index in [4.69, 9.17) is 9.47 Å². The van der Waals surface area contributed by atoms with Crippen molar-refractivity contribution in [3.63, 3.8) is 0 Å². The summed E-state index contributed by atoms with van der Waals surface area (Å²) in [5, 5.41) is 3.94. The number of amides is 4. The van der Waals surface area contributed by atoms with Gasteiger partial charge in [0.1, 0.15) is 11.3 Å². The number of ether oxygens (including phenoxy) is 2. The molecular formula is C27H24N2O6. The van der Waals surface area contributed by atoms with Gasteiger partial charge in [-0.05, 0) is 60.5 Å². The average molecular weight is 472 g/mol. The third-order valence-electron chi connectivity index (χ3n) is 5.42. The smallest absolute Gasteiger partial charge is 0.338 e. The number of fused-ring (bicyclic) bond motifs is 1. The maximum absolute atomic E-state index is 13.4. The van der Waals surface area contributed by atoms with Crippen LogP contribution in [-0.2, 0) is 14.3 Å². The van der Waals surface area contributed by atoms with E-state index in [2.05, 4.69) is 5.32 Å². The van der Waals surface area contributed by atoms with Gasteiger partial charge in [-0.15, -0.1) is 0 Å². The van der Waals surface area contributed by atoms with E-state index in [-0.39, 0.29) is 23.4 Å². The molecule has 1 aliphatic heterocycles. The van der Waals surface area contributed by atoms with Crippen LogP contribution in [0.4, 0.5) is 10.5 Å². The predicted molar refractivity (Wildman–Crippen MR) is 131 cm³/mol. The van der Waals surface area contributed by atoms with Gasteiger partial charge in [-0.3, -0.25) is 14.9 Å². The number of nitrogens with zero attached hydrogens (tertiary/aromatic N) is 1. The van der Waals surface area contributed by atoms with Crippen LogP contribution in [0, 0.1) is 0 Å². The SMILES string of the molecule is CCCOc1ccc2ccccc2c1/C=C1\C(=O)NC(=O)N(c2ccc(C(=O)OCC)cc2)C1=O. The largest absolute Gasteiger partial charge is 0.493 e. The molecule has 8 heteroatoms. The number of hydrogen-bond donors (Lipinski definition) is 1. The van der Waals surface area contributed by atoms with Crippen molar-refractivity contribution in [3.05, 3.63) is 77.4 Å². The van der Waals surface area contributed by atoms with Crippen molar-refractivity contribution in [3.8, 4) is 5.75 Å². The number of barbiturate groups is 1. The van der Waals surface area contributed by atoms with Crippen LogP contribution in [0.5, 0.6) is 5.75 Å². The van der Waals surface area contributed by atoms with Gasteiger partial charge < -0.3 is 9.47 Å². The number of urea groups is 1. The predicted octanol–water partition coefficient (Wildman–Crippen LogP) is 4.47. The second kappa shape index (κ2) is 10.2. The summed E-state index contributed by atoms with van der Waals surface area (Å²) in [4.78, 5) is 51.5. The van der Waals surface area contributed by atoms with Crippen molar-refractivity contribution >= 4 is 46.4 Å². The van der Waals surface area contributed by atoms with Gasteiger partial charge in [0.15, 0.2) is 0 Å². The number of imide groups is 2. The highest BCUT2D eigenvalue weighted by Crippen LogP contribution is 2.32. The first-order valence-corrected chi connectivity index (χ1v) is 11.3. The molecule has 1 saturated heterocycles. The lowest BCUT2D eigenvalue weighted by Gasteiger charge is -2.26. The van der Waals surface area contributed by atoms with Crippen molar-refractivity contribution in [2.75, 3.05) is 18.1 Å². The lowest BCUT2D eigenvalue weighted by Crippen LogP contribution is -2.54. The maximum atomic E-state index is 13.4. The van der Waals surface area contributed by atoms with E-state index in [9.17, 15) is 19.2 Å². The molecule has 0 radical (unpaired) electrons. The first-order chi connectivity index (χ1) is 16.9. The molecule has 4 amide bonds. The topological polar surface area (TPSA) is 102 Å². The van der Waals surface area contributed by atoms with E-state index in [0.717, 1.165) is 22.1 Å². The third-order valence-corrected chi connectivity index (χ3v) is 5.42. The maximum Gasteiger partial charge on any atom is 0.338 e. The average Bonchev–Trinajstić information content (AvgIpc) is 2.86. The van der Waals surface area contributed by atoms with Crippen LogP contribution in [0.15, 0.2) is 66.2 Å². The molecule has 0 spiro atoms. The first kappa shape index (κ1) is 23.7. The van der Waals surface area contributed by atoms with E-state index in [1.165, 1.54) is 30.3 Å². The minimum Gasteiger partial charge on any atom is -0.493 e. The summed E-state index contributed by atoms with van der Waals surface area (Å²) in [6.45, 7) is 4.37. The second-order valence-electron chi connectivity index (χ2n) is 7.77. The molecule has 178 valence electrons. The summed E-state index contributed by atoms with van der Waals surface area (Å²) in [5.74, 6) is -1.56. The van der Waals surface area contributed by atoms with Gasteiger partial charge >= 0.3 is 12.0 Å². The minimum atomic E-state index is -0.874. The van der Waals surface area contributed by atoms with Gasteiger partial charge in [0.25, 0.3) is 11.8 Å². The van der Waals surface area contributed by atoms with E-state index in [1.54, 1.807) is 13.0 Å². The van der Waals surface area contributed by atoms with Crippen LogP contribution < -0.4 is 15.0 Å². The summed E-state index contributed by atoms with van der Waals surface area (Å²) in [7, 11) is 0. The van der Waals surface area contributed by atoms with Gasteiger partial charge in [-0.25, -0.2) is 14.5 Å². The summed E-state index contributed by atoms with van der Waals surface area (Å²) in [6.07, 6.45) is 2.24. The molecule has 1 heterocycles. The Morgan fingerprint density at radius 1 is 0.971 bits per heavy atom. The molecule has 4 rings (SSSR count). The minimum absolute atomic E-state index is 0.208. The molecule has 1 aliphatic rings. The molecule has 0 aromatic heterocycles. The number of hydrogen-bond acceptors (Lipinski definition) is 6. The Morgan fingerprint density at radius 2 is 1.71 bits per heavy atom.